The molecule has 2 saturated carbocycles. The molecular weight excluding hydrogens is 228 g/mol. The predicted octanol–water partition coefficient (Wildman–Crippen LogP) is 2.37. The molecule has 102 valence electrons. The van der Waals surface area contributed by atoms with Crippen LogP contribution in [0.2, 0.25) is 0 Å². The molecule has 7 atom stereocenters. The zero-order chi connectivity index (χ0) is 13.1. The summed E-state index contributed by atoms with van der Waals surface area (Å²) in [5.74, 6) is 2.05. The number of fused-ring (bicyclic) bond motifs is 2. The number of aliphatic hydroxyl groups is 1. The van der Waals surface area contributed by atoms with Crippen LogP contribution in [-0.2, 0) is 9.53 Å². The Bertz CT molecular complexity index is 365. The van der Waals surface area contributed by atoms with Crippen LogP contribution in [-0.4, -0.2) is 23.3 Å². The summed E-state index contributed by atoms with van der Waals surface area (Å²) in [7, 11) is 0. The standard InChI is InChI=1S/C15H24O3/c1-8(16)4-5-11-12-6-10-9(2)14(17)18-13(10)7-15(11,12)3/h8-13,16H,4-7H2,1-3H3. The third-order valence-electron chi connectivity index (χ3n) is 5.89. The Morgan fingerprint density at radius 1 is 1.56 bits per heavy atom. The van der Waals surface area contributed by atoms with Gasteiger partial charge in [-0.1, -0.05) is 13.8 Å². The summed E-state index contributed by atoms with van der Waals surface area (Å²) < 4.78 is 5.53. The average Bonchev–Trinajstić information content (AvgIpc) is 2.77. The van der Waals surface area contributed by atoms with E-state index in [4.69, 9.17) is 4.74 Å². The predicted molar refractivity (Wildman–Crippen MR) is 67.8 cm³/mol. The molecule has 0 aromatic rings. The van der Waals surface area contributed by atoms with Crippen LogP contribution in [0.25, 0.3) is 0 Å². The van der Waals surface area contributed by atoms with E-state index in [9.17, 15) is 9.90 Å². The largest absolute Gasteiger partial charge is 0.462 e. The number of hydrogen-bond donors (Lipinski definition) is 1. The van der Waals surface area contributed by atoms with E-state index in [-0.39, 0.29) is 24.1 Å². The summed E-state index contributed by atoms with van der Waals surface area (Å²) in [4.78, 5) is 11.6. The van der Waals surface area contributed by atoms with Crippen LogP contribution in [0.3, 0.4) is 0 Å². The first kappa shape index (κ1) is 12.5. The van der Waals surface area contributed by atoms with Crippen molar-refractivity contribution >= 4 is 5.97 Å². The van der Waals surface area contributed by atoms with Crippen LogP contribution in [0, 0.1) is 29.1 Å². The quantitative estimate of drug-likeness (QED) is 0.784. The summed E-state index contributed by atoms with van der Waals surface area (Å²) in [6.07, 6.45) is 4.21. The number of rotatable bonds is 3. The Hall–Kier alpha value is -0.570. The fourth-order valence-corrected chi connectivity index (χ4v) is 4.57. The molecule has 1 N–H and O–H groups in total. The molecule has 3 aliphatic rings. The summed E-state index contributed by atoms with van der Waals surface area (Å²) in [5, 5.41) is 9.42. The van der Waals surface area contributed by atoms with Crippen molar-refractivity contribution in [2.24, 2.45) is 29.1 Å². The van der Waals surface area contributed by atoms with E-state index in [0.717, 1.165) is 37.5 Å². The van der Waals surface area contributed by atoms with Gasteiger partial charge in [0.25, 0.3) is 0 Å². The molecule has 0 aromatic carbocycles. The van der Waals surface area contributed by atoms with Crippen LogP contribution in [0.5, 0.6) is 0 Å². The van der Waals surface area contributed by atoms with E-state index in [1.807, 2.05) is 13.8 Å². The number of carbonyl (C=O) groups is 1. The minimum Gasteiger partial charge on any atom is -0.462 e. The second kappa shape index (κ2) is 3.96. The first-order valence-corrected chi connectivity index (χ1v) is 7.32. The summed E-state index contributed by atoms with van der Waals surface area (Å²) in [6, 6.07) is 0. The van der Waals surface area contributed by atoms with E-state index in [1.165, 1.54) is 0 Å². The molecule has 1 aliphatic heterocycles. The zero-order valence-electron chi connectivity index (χ0n) is 11.6. The van der Waals surface area contributed by atoms with E-state index in [0.29, 0.717) is 11.3 Å². The van der Waals surface area contributed by atoms with Gasteiger partial charge in [0.05, 0.1) is 12.0 Å². The van der Waals surface area contributed by atoms with Crippen molar-refractivity contribution in [3.8, 4) is 0 Å². The van der Waals surface area contributed by atoms with Gasteiger partial charge in [-0.2, -0.15) is 0 Å². The molecule has 3 rings (SSSR count). The maximum absolute atomic E-state index is 11.6. The van der Waals surface area contributed by atoms with Gasteiger partial charge in [0.2, 0.25) is 0 Å². The van der Waals surface area contributed by atoms with Crippen molar-refractivity contribution in [3.63, 3.8) is 0 Å². The number of hydrogen-bond acceptors (Lipinski definition) is 3. The highest BCUT2D eigenvalue weighted by molar-refractivity contribution is 5.75. The van der Waals surface area contributed by atoms with Gasteiger partial charge < -0.3 is 9.84 Å². The minimum atomic E-state index is -0.187. The SMILES string of the molecule is CC(O)CCC1C2CC3C(CC12C)OC(=O)C3C. The minimum absolute atomic E-state index is 0.00966. The Morgan fingerprint density at radius 2 is 2.28 bits per heavy atom. The third kappa shape index (κ3) is 1.70. The fraction of sp³-hybridized carbons (Fsp3) is 0.933. The summed E-state index contributed by atoms with van der Waals surface area (Å²) in [6.45, 7) is 6.23. The number of esters is 1. The molecule has 0 bridgehead atoms. The van der Waals surface area contributed by atoms with Crippen molar-refractivity contribution < 1.29 is 14.6 Å². The second-order valence-electron chi connectivity index (χ2n) is 7.01. The number of ether oxygens (including phenoxy) is 1. The normalized spacial score (nSPS) is 51.3. The molecule has 18 heavy (non-hydrogen) atoms. The van der Waals surface area contributed by atoms with Crippen LogP contribution in [0.15, 0.2) is 0 Å². The van der Waals surface area contributed by atoms with Crippen molar-refractivity contribution in [2.45, 2.75) is 58.7 Å². The Labute approximate surface area is 109 Å². The lowest BCUT2D eigenvalue weighted by atomic mass is 9.77. The van der Waals surface area contributed by atoms with E-state index in [2.05, 4.69) is 6.92 Å². The monoisotopic (exact) mass is 252 g/mol. The molecule has 1 heterocycles. The highest BCUT2D eigenvalue weighted by atomic mass is 16.6. The molecule has 0 spiro atoms. The van der Waals surface area contributed by atoms with Crippen LogP contribution in [0.1, 0.15) is 46.5 Å². The van der Waals surface area contributed by atoms with Gasteiger partial charge in [0.1, 0.15) is 6.10 Å². The lowest BCUT2D eigenvalue weighted by molar-refractivity contribution is -0.144. The Kier molecular flexibility index (Phi) is 2.74. The van der Waals surface area contributed by atoms with Crippen molar-refractivity contribution in [3.05, 3.63) is 0 Å². The van der Waals surface area contributed by atoms with Gasteiger partial charge in [-0.15, -0.1) is 0 Å². The lowest BCUT2D eigenvalue weighted by Crippen LogP contribution is -2.28. The maximum atomic E-state index is 11.6. The van der Waals surface area contributed by atoms with Crippen LogP contribution >= 0.6 is 0 Å². The highest BCUT2D eigenvalue weighted by Gasteiger charge is 2.66. The molecule has 2 aliphatic carbocycles. The Balaban J connectivity index is 1.65. The van der Waals surface area contributed by atoms with E-state index in [1.54, 1.807) is 0 Å². The first-order chi connectivity index (χ1) is 8.43. The Morgan fingerprint density at radius 3 is 2.94 bits per heavy atom. The second-order valence-corrected chi connectivity index (χ2v) is 7.01. The molecule has 7 unspecified atom stereocenters. The average molecular weight is 252 g/mol. The summed E-state index contributed by atoms with van der Waals surface area (Å²) in [5.41, 5.74) is 0.375. The molecule has 1 saturated heterocycles. The molecule has 3 nitrogen and oxygen atoms in total. The van der Waals surface area contributed by atoms with Gasteiger partial charge in [-0.3, -0.25) is 4.79 Å². The zero-order valence-corrected chi connectivity index (χ0v) is 11.6. The number of carbonyl (C=O) groups excluding carboxylic acids is 1. The molecule has 0 aromatic heterocycles. The van der Waals surface area contributed by atoms with Gasteiger partial charge in [0.15, 0.2) is 0 Å². The lowest BCUT2D eigenvalue weighted by Gasteiger charge is -2.28. The van der Waals surface area contributed by atoms with Gasteiger partial charge in [-0.05, 0) is 49.9 Å². The third-order valence-corrected chi connectivity index (χ3v) is 5.89. The van der Waals surface area contributed by atoms with E-state index >= 15 is 0 Å². The van der Waals surface area contributed by atoms with Crippen molar-refractivity contribution in [2.75, 3.05) is 0 Å². The van der Waals surface area contributed by atoms with Gasteiger partial charge >= 0.3 is 5.97 Å². The van der Waals surface area contributed by atoms with E-state index < -0.39 is 0 Å². The van der Waals surface area contributed by atoms with Crippen LogP contribution in [0.4, 0.5) is 0 Å². The van der Waals surface area contributed by atoms with Gasteiger partial charge in [-0.25, -0.2) is 0 Å². The molecular formula is C15H24O3. The fourth-order valence-electron chi connectivity index (χ4n) is 4.57. The first-order valence-electron chi connectivity index (χ1n) is 7.32. The van der Waals surface area contributed by atoms with Gasteiger partial charge in [0, 0.05) is 5.92 Å². The highest BCUT2D eigenvalue weighted by Crippen LogP contribution is 2.70. The number of aliphatic hydroxyl groups excluding tert-OH is 1. The maximum Gasteiger partial charge on any atom is 0.309 e. The van der Waals surface area contributed by atoms with Crippen LogP contribution < -0.4 is 0 Å². The topological polar surface area (TPSA) is 46.5 Å². The molecule has 0 radical (unpaired) electrons. The smallest absolute Gasteiger partial charge is 0.309 e. The van der Waals surface area contributed by atoms with Crippen molar-refractivity contribution in [1.29, 1.82) is 0 Å². The molecule has 3 fully saturated rings. The summed E-state index contributed by atoms with van der Waals surface area (Å²) >= 11 is 0. The van der Waals surface area contributed by atoms with Crippen molar-refractivity contribution in [1.82, 2.24) is 0 Å². The molecule has 0 amide bonds. The molecule has 3 heteroatoms.